The van der Waals surface area contributed by atoms with Crippen LogP contribution in [0.2, 0.25) is 0 Å². The van der Waals surface area contributed by atoms with Gasteiger partial charge >= 0.3 is 0 Å². The van der Waals surface area contributed by atoms with Gasteiger partial charge in [-0.2, -0.15) is 10.2 Å². The summed E-state index contributed by atoms with van der Waals surface area (Å²) < 4.78 is 11.2. The van der Waals surface area contributed by atoms with Crippen molar-refractivity contribution < 1.29 is 9.15 Å². The first-order chi connectivity index (χ1) is 13.7. The van der Waals surface area contributed by atoms with Crippen LogP contribution in [-0.2, 0) is 0 Å². The van der Waals surface area contributed by atoms with Gasteiger partial charge < -0.3 is 9.15 Å². The van der Waals surface area contributed by atoms with Crippen molar-refractivity contribution in [2.45, 2.75) is 46.5 Å². The highest BCUT2D eigenvalue weighted by molar-refractivity contribution is 5.70. The van der Waals surface area contributed by atoms with Gasteiger partial charge in [0.05, 0.1) is 24.2 Å². The normalized spacial score (nSPS) is 11.2. The molecule has 0 saturated heterocycles. The molecular weight excluding hydrogens is 348 g/mol. The molecule has 0 amide bonds. The molecule has 0 fully saturated rings. The fraction of sp³-hybridized carbons (Fsp3) is 0.333. The van der Waals surface area contributed by atoms with Crippen molar-refractivity contribution in [1.82, 2.24) is 0 Å². The highest BCUT2D eigenvalue weighted by Crippen LogP contribution is 2.30. The quantitative estimate of drug-likeness (QED) is 0.281. The summed E-state index contributed by atoms with van der Waals surface area (Å²) in [6.07, 6.45) is 6.62. The van der Waals surface area contributed by atoms with Crippen molar-refractivity contribution in [1.29, 1.82) is 0 Å². The summed E-state index contributed by atoms with van der Waals surface area (Å²) in [5.74, 6) is 1.81. The number of benzene rings is 2. The Kier molecular flexibility index (Phi) is 7.01. The third-order valence-corrected chi connectivity index (χ3v) is 4.70. The number of rotatable bonds is 9. The second-order valence-electron chi connectivity index (χ2n) is 7.00. The minimum absolute atomic E-state index is 0.767. The lowest BCUT2D eigenvalue weighted by Gasteiger charge is -2.05. The summed E-state index contributed by atoms with van der Waals surface area (Å²) in [5.41, 5.74) is 5.04. The van der Waals surface area contributed by atoms with Gasteiger partial charge in [-0.25, -0.2) is 0 Å². The number of azo groups is 1. The maximum absolute atomic E-state index is 5.76. The Bertz CT molecular complexity index is 874. The lowest BCUT2D eigenvalue weighted by Crippen LogP contribution is -1.96. The topological polar surface area (TPSA) is 47.1 Å². The van der Waals surface area contributed by atoms with E-state index in [1.165, 1.54) is 19.3 Å². The summed E-state index contributed by atoms with van der Waals surface area (Å²) in [6, 6.07) is 15.8. The molecule has 3 rings (SSSR count). The van der Waals surface area contributed by atoms with E-state index in [9.17, 15) is 0 Å². The van der Waals surface area contributed by atoms with Crippen LogP contribution in [0.3, 0.4) is 0 Å². The summed E-state index contributed by atoms with van der Waals surface area (Å²) >= 11 is 0. The molecule has 146 valence electrons. The molecule has 0 unspecified atom stereocenters. The lowest BCUT2D eigenvalue weighted by molar-refractivity contribution is 0.305. The van der Waals surface area contributed by atoms with E-state index in [-0.39, 0.29) is 0 Å². The SMILES string of the molecule is CCCCCCOc1ccc(/N=N/c2ccc(-c3c(C)coc3C)cc2)cc1. The third kappa shape index (κ3) is 5.32. The third-order valence-electron chi connectivity index (χ3n) is 4.70. The fourth-order valence-electron chi connectivity index (χ4n) is 3.14. The van der Waals surface area contributed by atoms with Gasteiger partial charge in [0.25, 0.3) is 0 Å². The number of aryl methyl sites for hydroxylation is 2. The molecule has 2 aromatic carbocycles. The Balaban J connectivity index is 1.56. The molecule has 0 radical (unpaired) electrons. The van der Waals surface area contributed by atoms with Crippen molar-refractivity contribution in [3.05, 3.63) is 66.1 Å². The standard InChI is InChI=1S/C24H28N2O2/c1-4-5-6-7-16-27-23-14-12-22(13-15-23)26-25-21-10-8-20(9-11-21)24-18(2)17-28-19(24)3/h8-15,17H,4-7,16H2,1-3H3/b26-25+. The van der Waals surface area contributed by atoms with Gasteiger partial charge in [-0.15, -0.1) is 0 Å². The van der Waals surface area contributed by atoms with Gasteiger partial charge in [-0.1, -0.05) is 38.3 Å². The minimum atomic E-state index is 0.767. The summed E-state index contributed by atoms with van der Waals surface area (Å²) in [6.45, 7) is 7.01. The summed E-state index contributed by atoms with van der Waals surface area (Å²) in [4.78, 5) is 0. The molecule has 1 aromatic heterocycles. The van der Waals surface area contributed by atoms with Crippen molar-refractivity contribution in [2.24, 2.45) is 10.2 Å². The number of nitrogens with zero attached hydrogens (tertiary/aromatic N) is 2. The highest BCUT2D eigenvalue weighted by Gasteiger charge is 2.08. The van der Waals surface area contributed by atoms with Gasteiger partial charge in [-0.3, -0.25) is 0 Å². The van der Waals surface area contributed by atoms with Gasteiger partial charge in [0.15, 0.2) is 0 Å². The predicted octanol–water partition coefficient (Wildman–Crippen LogP) is 7.94. The molecule has 4 heteroatoms. The lowest BCUT2D eigenvalue weighted by atomic mass is 10.0. The van der Waals surface area contributed by atoms with Crippen LogP contribution in [0.5, 0.6) is 5.75 Å². The molecular formula is C24H28N2O2. The maximum atomic E-state index is 5.76. The molecule has 1 heterocycles. The Hall–Kier alpha value is -2.88. The Morgan fingerprint density at radius 2 is 1.46 bits per heavy atom. The van der Waals surface area contributed by atoms with Crippen molar-refractivity contribution in [3.63, 3.8) is 0 Å². The molecule has 0 saturated carbocycles. The smallest absolute Gasteiger partial charge is 0.119 e. The molecule has 0 aliphatic rings. The van der Waals surface area contributed by atoms with Crippen LogP contribution in [-0.4, -0.2) is 6.61 Å². The Labute approximate surface area is 167 Å². The van der Waals surface area contributed by atoms with Crippen molar-refractivity contribution in [2.75, 3.05) is 6.61 Å². The number of hydrogen-bond donors (Lipinski definition) is 0. The van der Waals surface area contributed by atoms with Crippen LogP contribution in [0.4, 0.5) is 11.4 Å². The van der Waals surface area contributed by atoms with Crippen LogP contribution >= 0.6 is 0 Å². The first-order valence-corrected chi connectivity index (χ1v) is 9.97. The second-order valence-corrected chi connectivity index (χ2v) is 7.00. The van der Waals surface area contributed by atoms with E-state index < -0.39 is 0 Å². The molecule has 0 aliphatic heterocycles. The molecule has 3 aromatic rings. The first-order valence-electron chi connectivity index (χ1n) is 9.97. The van der Waals surface area contributed by atoms with Crippen LogP contribution < -0.4 is 4.74 Å². The fourth-order valence-corrected chi connectivity index (χ4v) is 3.14. The van der Waals surface area contributed by atoms with Gasteiger partial charge in [0.1, 0.15) is 11.5 Å². The first kappa shape index (κ1) is 19.9. The summed E-state index contributed by atoms with van der Waals surface area (Å²) in [7, 11) is 0. The highest BCUT2D eigenvalue weighted by atomic mass is 16.5. The van der Waals surface area contributed by atoms with E-state index in [0.717, 1.165) is 52.6 Å². The number of unbranched alkanes of at least 4 members (excludes halogenated alkanes) is 3. The van der Waals surface area contributed by atoms with Gasteiger partial charge in [0, 0.05) is 5.56 Å². The molecule has 0 bridgehead atoms. The monoisotopic (exact) mass is 376 g/mol. The van der Waals surface area contributed by atoms with Crippen molar-refractivity contribution >= 4 is 11.4 Å². The van der Waals surface area contributed by atoms with E-state index in [1.54, 1.807) is 6.26 Å². The zero-order valence-corrected chi connectivity index (χ0v) is 16.9. The van der Waals surface area contributed by atoms with Crippen LogP contribution in [0.15, 0.2) is 69.4 Å². The molecule has 28 heavy (non-hydrogen) atoms. The molecule has 0 aliphatic carbocycles. The van der Waals surface area contributed by atoms with E-state index >= 15 is 0 Å². The number of ether oxygens (including phenoxy) is 1. The molecule has 0 N–H and O–H groups in total. The van der Waals surface area contributed by atoms with E-state index in [0.29, 0.717) is 0 Å². The van der Waals surface area contributed by atoms with E-state index in [2.05, 4.69) is 36.2 Å². The largest absolute Gasteiger partial charge is 0.494 e. The second kappa shape index (κ2) is 9.88. The molecule has 0 atom stereocenters. The maximum Gasteiger partial charge on any atom is 0.119 e. The molecule has 0 spiro atoms. The zero-order valence-electron chi connectivity index (χ0n) is 16.9. The average Bonchev–Trinajstić information content (AvgIpc) is 3.06. The van der Waals surface area contributed by atoms with E-state index in [4.69, 9.17) is 9.15 Å². The Morgan fingerprint density at radius 1 is 0.821 bits per heavy atom. The average molecular weight is 377 g/mol. The van der Waals surface area contributed by atoms with Gasteiger partial charge in [0.2, 0.25) is 0 Å². The van der Waals surface area contributed by atoms with Crippen LogP contribution in [0.25, 0.3) is 11.1 Å². The number of hydrogen-bond acceptors (Lipinski definition) is 4. The minimum Gasteiger partial charge on any atom is -0.494 e. The van der Waals surface area contributed by atoms with Gasteiger partial charge in [-0.05, 0) is 67.8 Å². The Morgan fingerprint density at radius 3 is 2.04 bits per heavy atom. The van der Waals surface area contributed by atoms with Crippen LogP contribution in [0, 0.1) is 13.8 Å². The zero-order chi connectivity index (χ0) is 19.8. The molecule has 4 nitrogen and oxygen atoms in total. The van der Waals surface area contributed by atoms with Crippen LogP contribution in [0.1, 0.15) is 43.9 Å². The summed E-state index contributed by atoms with van der Waals surface area (Å²) in [5, 5.41) is 8.65. The van der Waals surface area contributed by atoms with Crippen molar-refractivity contribution in [3.8, 4) is 16.9 Å². The number of furan rings is 1. The predicted molar refractivity (Wildman–Crippen MR) is 114 cm³/mol. The van der Waals surface area contributed by atoms with E-state index in [1.807, 2.05) is 43.3 Å².